The molecule has 1 N–H and O–H groups in total. The van der Waals surface area contributed by atoms with Gasteiger partial charge in [0.05, 0.1) is 25.3 Å². The van der Waals surface area contributed by atoms with Crippen molar-refractivity contribution in [3.8, 4) is 0 Å². The van der Waals surface area contributed by atoms with Crippen LogP contribution in [0.15, 0.2) is 127 Å². The molecule has 2 unspecified atom stereocenters. The SMILES string of the molecule is CC(C)(C)NC(=S)N1CC(OC(c2ccc(Cl)cc2)c2ccccc2Cl)C1.Cc1ccccc1C(OC1CN(C(=O)N(C)Cc2ccccc2)C1)c1ccc(Cl)cc1. The molecule has 5 aromatic rings. The maximum Gasteiger partial charge on any atom is 0.320 e. The maximum atomic E-state index is 12.8. The number of carbonyl (C=O) groups is 1. The number of likely N-dealkylation sites (tertiary alicyclic amines) is 2. The lowest BCUT2D eigenvalue weighted by atomic mass is 9.97. The molecule has 0 spiro atoms. The smallest absolute Gasteiger partial charge is 0.320 e. The number of amides is 2. The molecular formula is C47H51Cl3N4O3S. The first-order chi connectivity index (χ1) is 27.7. The van der Waals surface area contributed by atoms with Crippen molar-refractivity contribution in [2.75, 3.05) is 33.2 Å². The van der Waals surface area contributed by atoms with Crippen LogP contribution >= 0.6 is 47.0 Å². The number of nitrogens with one attached hydrogen (secondary N) is 1. The van der Waals surface area contributed by atoms with Crippen LogP contribution in [0.1, 0.15) is 66.4 Å². The Morgan fingerprint density at radius 1 is 0.707 bits per heavy atom. The number of halogens is 3. The molecule has 2 amide bonds. The van der Waals surface area contributed by atoms with Gasteiger partial charge in [-0.3, -0.25) is 0 Å². The lowest BCUT2D eigenvalue weighted by Gasteiger charge is -2.43. The summed E-state index contributed by atoms with van der Waals surface area (Å²) in [5, 5.41) is 6.20. The third-order valence-corrected chi connectivity index (χ3v) is 11.2. The van der Waals surface area contributed by atoms with Crippen LogP contribution < -0.4 is 5.32 Å². The molecule has 2 aliphatic rings. The second kappa shape index (κ2) is 19.7. The van der Waals surface area contributed by atoms with E-state index in [1.54, 1.807) is 4.90 Å². The number of carbonyl (C=O) groups excluding carboxylic acids is 1. The first-order valence-corrected chi connectivity index (χ1v) is 21.0. The first-order valence-electron chi connectivity index (χ1n) is 19.5. The molecule has 2 atom stereocenters. The number of ether oxygens (including phenoxy) is 2. The van der Waals surface area contributed by atoms with Gasteiger partial charge in [0.25, 0.3) is 0 Å². The molecule has 2 saturated heterocycles. The van der Waals surface area contributed by atoms with Crippen molar-refractivity contribution in [1.82, 2.24) is 20.0 Å². The second-order valence-corrected chi connectivity index (χ2v) is 17.5. The number of benzene rings is 5. The van der Waals surface area contributed by atoms with Crippen LogP contribution in [0, 0.1) is 6.92 Å². The van der Waals surface area contributed by atoms with Gasteiger partial charge in [-0.15, -0.1) is 0 Å². The zero-order valence-electron chi connectivity index (χ0n) is 33.6. The van der Waals surface area contributed by atoms with Crippen LogP contribution in [0.2, 0.25) is 15.1 Å². The summed E-state index contributed by atoms with van der Waals surface area (Å²) in [6, 6.07) is 41.6. The molecule has 0 aromatic heterocycles. The summed E-state index contributed by atoms with van der Waals surface area (Å²) < 4.78 is 12.9. The van der Waals surface area contributed by atoms with Crippen molar-refractivity contribution in [2.24, 2.45) is 0 Å². The number of urea groups is 1. The van der Waals surface area contributed by atoms with Crippen LogP contribution in [-0.4, -0.2) is 76.8 Å². The van der Waals surface area contributed by atoms with E-state index in [2.05, 4.69) is 50.0 Å². The maximum absolute atomic E-state index is 12.8. The number of thiocarbonyl (C=S) groups is 1. The van der Waals surface area contributed by atoms with Gasteiger partial charge in [0, 0.05) is 52.9 Å². The Hall–Kier alpha value is -4.15. The molecule has 0 saturated carbocycles. The summed E-state index contributed by atoms with van der Waals surface area (Å²) in [6.07, 6.45) is -0.356. The molecule has 2 fully saturated rings. The van der Waals surface area contributed by atoms with Gasteiger partial charge in [0.15, 0.2) is 5.11 Å². The first kappa shape index (κ1) is 43.4. The fraction of sp³-hybridized carbons (Fsp3) is 0.319. The van der Waals surface area contributed by atoms with Gasteiger partial charge in [0.2, 0.25) is 0 Å². The third kappa shape index (κ3) is 11.7. The van der Waals surface area contributed by atoms with E-state index in [1.165, 1.54) is 5.56 Å². The summed E-state index contributed by atoms with van der Waals surface area (Å²) >= 11 is 24.1. The van der Waals surface area contributed by atoms with Crippen molar-refractivity contribution in [1.29, 1.82) is 0 Å². The number of aryl methyl sites for hydroxylation is 1. The summed E-state index contributed by atoms with van der Waals surface area (Å²) in [7, 11) is 1.84. The van der Waals surface area contributed by atoms with Gasteiger partial charge in [-0.2, -0.15) is 0 Å². The summed E-state index contributed by atoms with van der Waals surface area (Å²) in [5.74, 6) is 0. The van der Waals surface area contributed by atoms with Crippen LogP contribution in [0.25, 0.3) is 0 Å². The van der Waals surface area contributed by atoms with E-state index in [-0.39, 0.29) is 36.0 Å². The van der Waals surface area contributed by atoms with Crippen molar-refractivity contribution >= 4 is 58.2 Å². The molecule has 0 bridgehead atoms. The largest absolute Gasteiger partial charge is 0.362 e. The Labute approximate surface area is 363 Å². The van der Waals surface area contributed by atoms with Crippen molar-refractivity contribution < 1.29 is 14.3 Å². The molecule has 2 aliphatic heterocycles. The molecule has 7 nitrogen and oxygen atoms in total. The summed E-state index contributed by atoms with van der Waals surface area (Å²) in [4.78, 5) is 18.5. The summed E-state index contributed by atoms with van der Waals surface area (Å²) in [6.45, 7) is 11.7. The average molecular weight is 858 g/mol. The van der Waals surface area contributed by atoms with Crippen molar-refractivity contribution in [3.05, 3.63) is 176 Å². The third-order valence-electron chi connectivity index (χ3n) is 9.99. The van der Waals surface area contributed by atoms with Crippen LogP contribution in [0.4, 0.5) is 4.79 Å². The minimum atomic E-state index is -0.243. The van der Waals surface area contributed by atoms with E-state index < -0.39 is 0 Å². The number of nitrogens with zero attached hydrogens (tertiary/aromatic N) is 3. The molecule has 304 valence electrons. The zero-order valence-corrected chi connectivity index (χ0v) is 36.7. The van der Waals surface area contributed by atoms with E-state index >= 15 is 0 Å². The molecule has 5 aromatic carbocycles. The van der Waals surface area contributed by atoms with E-state index in [9.17, 15) is 4.79 Å². The highest BCUT2D eigenvalue weighted by Crippen LogP contribution is 2.35. The molecule has 0 radical (unpaired) electrons. The zero-order chi connectivity index (χ0) is 41.4. The second-order valence-electron chi connectivity index (χ2n) is 15.9. The summed E-state index contributed by atoms with van der Waals surface area (Å²) in [5.41, 5.74) is 6.43. The van der Waals surface area contributed by atoms with Crippen LogP contribution in [0.5, 0.6) is 0 Å². The molecule has 11 heteroatoms. The van der Waals surface area contributed by atoms with E-state index in [1.807, 2.05) is 127 Å². The van der Waals surface area contributed by atoms with Gasteiger partial charge in [-0.05, 0) is 98.1 Å². The highest BCUT2D eigenvalue weighted by molar-refractivity contribution is 7.80. The van der Waals surface area contributed by atoms with Gasteiger partial charge >= 0.3 is 6.03 Å². The fourth-order valence-corrected chi connectivity index (χ4v) is 7.77. The average Bonchev–Trinajstić information content (AvgIpc) is 3.15. The molecular weight excluding hydrogens is 807 g/mol. The molecule has 2 heterocycles. The van der Waals surface area contributed by atoms with E-state index in [0.29, 0.717) is 34.7 Å². The predicted octanol–water partition coefficient (Wildman–Crippen LogP) is 11.1. The monoisotopic (exact) mass is 856 g/mol. The Morgan fingerprint density at radius 3 is 1.69 bits per heavy atom. The van der Waals surface area contributed by atoms with Crippen molar-refractivity contribution in [3.63, 3.8) is 0 Å². The van der Waals surface area contributed by atoms with E-state index in [4.69, 9.17) is 56.5 Å². The normalized spacial score (nSPS) is 15.3. The number of rotatable bonds is 10. The number of hydrogen-bond acceptors (Lipinski definition) is 4. The standard InChI is InChI=1S/C26H27ClN2O2.C21H24Cl2N2OS/c1-19-8-6-7-11-24(19)25(21-12-14-22(27)15-13-21)31-23-17-29(18-23)26(30)28(2)16-20-9-4-3-5-10-20;1-21(2,3)24-20(27)25-12-16(13-25)26-19(14-8-10-15(22)11-9-14)17-6-4-5-7-18(17)23/h3-15,23,25H,16-18H2,1-2H3;4-11,16,19H,12-13H2,1-3H3,(H,24,27). The number of hydrogen-bond donors (Lipinski definition) is 1. The lowest BCUT2D eigenvalue weighted by Crippen LogP contribution is -2.60. The quantitative estimate of drug-likeness (QED) is 0.141. The lowest BCUT2D eigenvalue weighted by molar-refractivity contribution is -0.0684. The van der Waals surface area contributed by atoms with Gasteiger partial charge in [-0.1, -0.05) is 132 Å². The van der Waals surface area contributed by atoms with Crippen LogP contribution in [0.3, 0.4) is 0 Å². The Morgan fingerprint density at radius 2 is 1.17 bits per heavy atom. The fourth-order valence-electron chi connectivity index (χ4n) is 6.83. The topological polar surface area (TPSA) is 57.3 Å². The highest BCUT2D eigenvalue weighted by Gasteiger charge is 2.36. The van der Waals surface area contributed by atoms with Crippen molar-refractivity contribution in [2.45, 2.75) is 64.2 Å². The Bertz CT molecular complexity index is 2120. The van der Waals surface area contributed by atoms with Gasteiger partial charge in [-0.25, -0.2) is 4.79 Å². The Balaban J connectivity index is 0.000000198. The molecule has 58 heavy (non-hydrogen) atoms. The predicted molar refractivity (Wildman–Crippen MR) is 241 cm³/mol. The van der Waals surface area contributed by atoms with Crippen LogP contribution in [-0.2, 0) is 16.0 Å². The minimum Gasteiger partial charge on any atom is -0.362 e. The Kier molecular flexibility index (Phi) is 14.8. The molecule has 7 rings (SSSR count). The highest BCUT2D eigenvalue weighted by atomic mass is 35.5. The van der Waals surface area contributed by atoms with Gasteiger partial charge < -0.3 is 29.5 Å². The molecule has 0 aliphatic carbocycles. The van der Waals surface area contributed by atoms with Gasteiger partial charge in [0.1, 0.15) is 12.2 Å². The minimum absolute atomic E-state index is 0.00522. The van der Waals surface area contributed by atoms with E-state index in [0.717, 1.165) is 46.0 Å².